The predicted molar refractivity (Wildman–Crippen MR) is 121 cm³/mol. The molecular formula is C24H24N4O2S. The van der Waals surface area contributed by atoms with E-state index in [-0.39, 0.29) is 4.90 Å². The molecule has 0 unspecified atom stereocenters. The highest BCUT2D eigenvalue weighted by molar-refractivity contribution is 7.90. The summed E-state index contributed by atoms with van der Waals surface area (Å²) in [7, 11) is -1.93. The van der Waals surface area contributed by atoms with E-state index in [1.807, 2.05) is 19.4 Å². The Bertz CT molecular complexity index is 1370. The van der Waals surface area contributed by atoms with Crippen LogP contribution < -0.4 is 0 Å². The molecule has 7 heteroatoms. The summed E-state index contributed by atoms with van der Waals surface area (Å²) in [5.74, 6) is 0.415. The second-order valence-electron chi connectivity index (χ2n) is 8.22. The lowest BCUT2D eigenvalue weighted by Gasteiger charge is -2.23. The molecule has 4 aromatic rings. The van der Waals surface area contributed by atoms with Crippen molar-refractivity contribution in [3.05, 3.63) is 78.9 Å². The van der Waals surface area contributed by atoms with Crippen molar-refractivity contribution in [2.45, 2.75) is 36.5 Å². The minimum atomic E-state index is -3.78. The number of nitrogens with zero attached hydrogens (tertiary/aromatic N) is 4. The minimum Gasteiger partial charge on any atom is -0.275 e. The Morgan fingerprint density at radius 1 is 1.06 bits per heavy atom. The molecule has 158 valence electrons. The summed E-state index contributed by atoms with van der Waals surface area (Å²) in [6.45, 7) is 4.11. The fraction of sp³-hybridized carbons (Fsp3) is 0.250. The lowest BCUT2D eigenvalue weighted by molar-refractivity contribution is 0.517. The molecule has 3 heterocycles. The van der Waals surface area contributed by atoms with Gasteiger partial charge in [-0.25, -0.2) is 17.4 Å². The smallest absolute Gasteiger partial charge is 0.269 e. The molecule has 0 radical (unpaired) electrons. The number of rotatable bonds is 4. The Balaban J connectivity index is 1.70. The van der Waals surface area contributed by atoms with Crippen LogP contribution in [0.3, 0.4) is 0 Å². The fourth-order valence-corrected chi connectivity index (χ4v) is 5.70. The Hall–Kier alpha value is -3.19. The molecule has 1 saturated carbocycles. The normalized spacial score (nSPS) is 15.6. The Morgan fingerprint density at radius 2 is 1.81 bits per heavy atom. The molecule has 1 fully saturated rings. The van der Waals surface area contributed by atoms with Gasteiger partial charge in [0.25, 0.3) is 10.0 Å². The van der Waals surface area contributed by atoms with Crippen molar-refractivity contribution in [1.29, 1.82) is 0 Å². The number of hydrogen-bond acceptors (Lipinski definition) is 4. The zero-order valence-electron chi connectivity index (χ0n) is 17.4. The first-order valence-electron chi connectivity index (χ1n) is 10.4. The van der Waals surface area contributed by atoms with Crippen molar-refractivity contribution >= 4 is 21.1 Å². The number of allylic oxidation sites excluding steroid dienone is 1. The summed E-state index contributed by atoms with van der Waals surface area (Å²) < 4.78 is 29.8. The first-order chi connectivity index (χ1) is 14.9. The van der Waals surface area contributed by atoms with Crippen LogP contribution in [0, 0.1) is 0 Å². The zero-order valence-corrected chi connectivity index (χ0v) is 18.2. The lowest BCUT2D eigenvalue weighted by Crippen LogP contribution is -2.12. The average Bonchev–Trinajstić information content (AvgIpc) is 3.38. The first-order valence-corrected chi connectivity index (χ1v) is 11.8. The van der Waals surface area contributed by atoms with Crippen LogP contribution in [0.15, 0.2) is 78.2 Å². The van der Waals surface area contributed by atoms with Crippen molar-refractivity contribution in [1.82, 2.24) is 18.7 Å². The van der Waals surface area contributed by atoms with E-state index in [1.165, 1.54) is 9.55 Å². The third-order valence-corrected chi connectivity index (χ3v) is 7.78. The maximum absolute atomic E-state index is 13.4. The van der Waals surface area contributed by atoms with Gasteiger partial charge < -0.3 is 0 Å². The SMILES string of the molecule is C=C1CCC(c2cnc3c(c2)c(-c2cnn(C)c2)cn3S(=O)(=O)c2ccccc2)CC1. The van der Waals surface area contributed by atoms with Crippen LogP contribution in [0.5, 0.6) is 0 Å². The first kappa shape index (κ1) is 19.8. The minimum absolute atomic E-state index is 0.237. The van der Waals surface area contributed by atoms with E-state index in [0.717, 1.165) is 47.8 Å². The van der Waals surface area contributed by atoms with Gasteiger partial charge in [-0.15, -0.1) is 0 Å². The molecule has 0 N–H and O–H groups in total. The van der Waals surface area contributed by atoms with Gasteiger partial charge in [-0.3, -0.25) is 4.68 Å². The summed E-state index contributed by atoms with van der Waals surface area (Å²) >= 11 is 0. The van der Waals surface area contributed by atoms with E-state index in [1.54, 1.807) is 47.4 Å². The van der Waals surface area contributed by atoms with Crippen molar-refractivity contribution < 1.29 is 8.42 Å². The number of pyridine rings is 1. The van der Waals surface area contributed by atoms with Crippen LogP contribution >= 0.6 is 0 Å². The molecule has 0 spiro atoms. The lowest BCUT2D eigenvalue weighted by atomic mass is 9.82. The largest absolute Gasteiger partial charge is 0.275 e. The molecule has 0 bridgehead atoms. The van der Waals surface area contributed by atoms with Crippen LogP contribution in [-0.2, 0) is 17.1 Å². The Morgan fingerprint density at radius 3 is 2.48 bits per heavy atom. The van der Waals surface area contributed by atoms with Gasteiger partial charge in [-0.2, -0.15) is 5.10 Å². The number of aryl methyl sites for hydroxylation is 1. The maximum Gasteiger partial charge on any atom is 0.269 e. The van der Waals surface area contributed by atoms with E-state index in [2.05, 4.69) is 22.7 Å². The van der Waals surface area contributed by atoms with Crippen LogP contribution in [-0.4, -0.2) is 27.2 Å². The van der Waals surface area contributed by atoms with Gasteiger partial charge in [-0.1, -0.05) is 30.4 Å². The summed E-state index contributed by atoms with van der Waals surface area (Å²) in [6, 6.07) is 10.6. The number of aromatic nitrogens is 4. The molecule has 3 aromatic heterocycles. The van der Waals surface area contributed by atoms with Gasteiger partial charge in [0.15, 0.2) is 5.65 Å². The number of fused-ring (bicyclic) bond motifs is 1. The quantitative estimate of drug-likeness (QED) is 0.431. The second kappa shape index (κ2) is 7.50. The van der Waals surface area contributed by atoms with Gasteiger partial charge in [-0.05, 0) is 55.4 Å². The third kappa shape index (κ3) is 3.49. The molecule has 1 aliphatic carbocycles. The standard InChI is InChI=1S/C24H24N4O2S/c1-17-8-10-18(11-9-17)19-12-22-23(20-14-26-27(2)15-20)16-28(24(22)25-13-19)31(29,30)21-6-4-3-5-7-21/h3-7,12-16,18H,1,8-11H2,2H3. The maximum atomic E-state index is 13.4. The van der Waals surface area contributed by atoms with Gasteiger partial charge >= 0.3 is 0 Å². The van der Waals surface area contributed by atoms with Crippen molar-refractivity contribution in [2.75, 3.05) is 0 Å². The zero-order chi connectivity index (χ0) is 21.6. The summed E-state index contributed by atoms with van der Waals surface area (Å²) in [6.07, 6.45) is 11.3. The summed E-state index contributed by atoms with van der Waals surface area (Å²) in [5, 5.41) is 5.11. The third-order valence-electron chi connectivity index (χ3n) is 6.11. The van der Waals surface area contributed by atoms with E-state index in [0.29, 0.717) is 11.6 Å². The topological polar surface area (TPSA) is 69.8 Å². The van der Waals surface area contributed by atoms with Gasteiger partial charge in [0, 0.05) is 42.2 Å². The van der Waals surface area contributed by atoms with Gasteiger partial charge in [0.1, 0.15) is 0 Å². The van der Waals surface area contributed by atoms with E-state index in [9.17, 15) is 8.42 Å². The summed E-state index contributed by atoms with van der Waals surface area (Å²) in [4.78, 5) is 4.89. The molecule has 31 heavy (non-hydrogen) atoms. The van der Waals surface area contributed by atoms with Crippen LogP contribution in [0.25, 0.3) is 22.2 Å². The second-order valence-corrected chi connectivity index (χ2v) is 10.0. The predicted octanol–water partition coefficient (Wildman–Crippen LogP) is 4.89. The van der Waals surface area contributed by atoms with E-state index < -0.39 is 10.0 Å². The average molecular weight is 433 g/mol. The molecule has 0 aliphatic heterocycles. The molecule has 5 rings (SSSR count). The van der Waals surface area contributed by atoms with E-state index in [4.69, 9.17) is 0 Å². The van der Waals surface area contributed by atoms with Crippen LogP contribution in [0.1, 0.15) is 37.2 Å². The van der Waals surface area contributed by atoms with Crippen molar-refractivity contribution in [2.24, 2.45) is 7.05 Å². The fourth-order valence-electron chi connectivity index (χ4n) is 4.36. The van der Waals surface area contributed by atoms with Gasteiger partial charge in [0.2, 0.25) is 0 Å². The molecule has 6 nitrogen and oxygen atoms in total. The summed E-state index contributed by atoms with van der Waals surface area (Å²) in [5.41, 5.74) is 4.58. The molecule has 0 atom stereocenters. The monoisotopic (exact) mass is 432 g/mol. The van der Waals surface area contributed by atoms with Crippen molar-refractivity contribution in [3.8, 4) is 11.1 Å². The Labute approximate surface area is 181 Å². The highest BCUT2D eigenvalue weighted by Gasteiger charge is 2.25. The molecule has 0 amide bonds. The molecular weight excluding hydrogens is 408 g/mol. The number of hydrogen-bond donors (Lipinski definition) is 0. The number of benzene rings is 1. The van der Waals surface area contributed by atoms with Gasteiger partial charge in [0.05, 0.1) is 11.1 Å². The Kier molecular flexibility index (Phi) is 4.78. The van der Waals surface area contributed by atoms with Crippen molar-refractivity contribution in [3.63, 3.8) is 0 Å². The highest BCUT2D eigenvalue weighted by atomic mass is 32.2. The van der Waals surface area contributed by atoms with Crippen LogP contribution in [0.2, 0.25) is 0 Å². The van der Waals surface area contributed by atoms with E-state index >= 15 is 0 Å². The molecule has 1 aliphatic rings. The molecule has 0 saturated heterocycles. The van der Waals surface area contributed by atoms with Crippen LogP contribution in [0.4, 0.5) is 0 Å². The highest BCUT2D eigenvalue weighted by Crippen LogP contribution is 2.38. The molecule has 1 aromatic carbocycles.